The van der Waals surface area contributed by atoms with E-state index in [1.807, 2.05) is 0 Å². The Hall–Kier alpha value is -1.05. The van der Waals surface area contributed by atoms with Crippen molar-refractivity contribution in [1.29, 1.82) is 5.26 Å². The predicted molar refractivity (Wildman–Crippen MR) is 82.4 cm³/mol. The fraction of sp³-hybridized carbons (Fsp3) is 0.533. The number of benzene rings is 1. The van der Waals surface area contributed by atoms with Crippen molar-refractivity contribution in [3.63, 3.8) is 0 Å². The molecule has 1 aliphatic heterocycles. The molecule has 0 N–H and O–H groups in total. The molecule has 1 aliphatic rings. The van der Waals surface area contributed by atoms with Crippen molar-refractivity contribution in [3.8, 4) is 6.07 Å². The maximum Gasteiger partial charge on any atom is 0.0643 e. The van der Waals surface area contributed by atoms with Crippen LogP contribution in [-0.2, 0) is 0 Å². The first kappa shape index (κ1) is 14.4. The zero-order valence-corrected chi connectivity index (χ0v) is 13.2. The molecule has 19 heavy (non-hydrogen) atoms. The Morgan fingerprint density at radius 2 is 2.21 bits per heavy atom. The smallest absolute Gasteiger partial charge is 0.0643 e. The highest BCUT2D eigenvalue weighted by molar-refractivity contribution is 9.10. The molecule has 1 aromatic rings. The van der Waals surface area contributed by atoms with Gasteiger partial charge >= 0.3 is 0 Å². The van der Waals surface area contributed by atoms with Gasteiger partial charge in [0, 0.05) is 23.2 Å². The average Bonchev–Trinajstić information content (AvgIpc) is 2.55. The Morgan fingerprint density at radius 1 is 1.42 bits per heavy atom. The molecule has 1 unspecified atom stereocenters. The zero-order chi connectivity index (χ0) is 13.8. The van der Waals surface area contributed by atoms with Crippen molar-refractivity contribution in [2.45, 2.75) is 25.8 Å². The van der Waals surface area contributed by atoms with Gasteiger partial charge in [-0.1, -0.05) is 22.0 Å². The fourth-order valence-corrected chi connectivity index (χ4v) is 2.99. The van der Waals surface area contributed by atoms with Gasteiger partial charge in [-0.3, -0.25) is 0 Å². The number of nitrogens with zero attached hydrogens (tertiary/aromatic N) is 3. The summed E-state index contributed by atoms with van der Waals surface area (Å²) in [7, 11) is 2.14. The fourth-order valence-electron chi connectivity index (χ4n) is 2.62. The minimum Gasteiger partial charge on any atom is -0.366 e. The van der Waals surface area contributed by atoms with E-state index in [-0.39, 0.29) is 6.04 Å². The van der Waals surface area contributed by atoms with Crippen LogP contribution in [0, 0.1) is 18.3 Å². The first-order valence-corrected chi connectivity index (χ1v) is 7.49. The Balaban J connectivity index is 2.27. The number of rotatable bonds is 2. The van der Waals surface area contributed by atoms with Crippen LogP contribution in [0.5, 0.6) is 0 Å². The molecule has 1 heterocycles. The van der Waals surface area contributed by atoms with Crippen LogP contribution in [0.4, 0.5) is 5.69 Å². The Morgan fingerprint density at radius 3 is 2.89 bits per heavy atom. The molecular formula is C15H20BrN3. The first-order valence-electron chi connectivity index (χ1n) is 6.70. The first-order chi connectivity index (χ1) is 9.11. The number of hydrogen-bond donors (Lipinski definition) is 0. The molecule has 0 radical (unpaired) electrons. The van der Waals surface area contributed by atoms with E-state index in [9.17, 15) is 0 Å². The molecule has 0 amide bonds. The second kappa shape index (κ2) is 6.40. The molecule has 0 spiro atoms. The highest BCUT2D eigenvalue weighted by Gasteiger charge is 2.23. The van der Waals surface area contributed by atoms with Crippen molar-refractivity contribution in [2.75, 3.05) is 31.6 Å². The van der Waals surface area contributed by atoms with E-state index in [0.29, 0.717) is 6.42 Å². The van der Waals surface area contributed by atoms with Gasteiger partial charge in [0.25, 0.3) is 0 Å². The molecule has 1 saturated heterocycles. The number of nitriles is 1. The monoisotopic (exact) mass is 321 g/mol. The summed E-state index contributed by atoms with van der Waals surface area (Å²) in [4.78, 5) is 4.71. The number of aryl methyl sites for hydroxylation is 1. The van der Waals surface area contributed by atoms with Gasteiger partial charge in [0.15, 0.2) is 0 Å². The summed E-state index contributed by atoms with van der Waals surface area (Å²) in [5.41, 5.74) is 2.46. The minimum atomic E-state index is 0.284. The zero-order valence-electron chi connectivity index (χ0n) is 11.6. The van der Waals surface area contributed by atoms with E-state index in [2.05, 4.69) is 64.0 Å². The third-order valence-corrected chi connectivity index (χ3v) is 4.57. The lowest BCUT2D eigenvalue weighted by Crippen LogP contribution is -2.40. The topological polar surface area (TPSA) is 30.3 Å². The molecule has 2 rings (SSSR count). The SMILES string of the molecule is Cc1ccc(N2CCCN(C)CC2CC#N)cc1Br. The van der Waals surface area contributed by atoms with E-state index in [1.54, 1.807) is 0 Å². The second-order valence-corrected chi connectivity index (χ2v) is 6.11. The molecular weight excluding hydrogens is 302 g/mol. The van der Waals surface area contributed by atoms with Crippen molar-refractivity contribution in [3.05, 3.63) is 28.2 Å². The van der Waals surface area contributed by atoms with Crippen molar-refractivity contribution in [1.82, 2.24) is 4.90 Å². The minimum absolute atomic E-state index is 0.284. The summed E-state index contributed by atoms with van der Waals surface area (Å²) in [6.45, 7) is 5.17. The second-order valence-electron chi connectivity index (χ2n) is 5.26. The summed E-state index contributed by atoms with van der Waals surface area (Å²) in [6, 6.07) is 9.09. The summed E-state index contributed by atoms with van der Waals surface area (Å²) in [5, 5.41) is 9.06. The van der Waals surface area contributed by atoms with E-state index < -0.39 is 0 Å². The van der Waals surface area contributed by atoms with E-state index in [1.165, 1.54) is 11.3 Å². The molecule has 102 valence electrons. The largest absolute Gasteiger partial charge is 0.366 e. The quantitative estimate of drug-likeness (QED) is 0.838. The number of hydrogen-bond acceptors (Lipinski definition) is 3. The molecule has 4 heteroatoms. The number of anilines is 1. The van der Waals surface area contributed by atoms with Gasteiger partial charge in [-0.15, -0.1) is 0 Å². The van der Waals surface area contributed by atoms with Crippen LogP contribution in [0.2, 0.25) is 0 Å². The lowest BCUT2D eigenvalue weighted by molar-refractivity contribution is 0.332. The summed E-state index contributed by atoms with van der Waals surface area (Å²) < 4.78 is 1.14. The Labute approximate surface area is 123 Å². The van der Waals surface area contributed by atoms with Gasteiger partial charge in [-0.05, 0) is 44.6 Å². The maximum atomic E-state index is 9.06. The normalized spacial score (nSPS) is 20.9. The molecule has 0 bridgehead atoms. The van der Waals surface area contributed by atoms with Crippen LogP contribution in [0.15, 0.2) is 22.7 Å². The van der Waals surface area contributed by atoms with Crippen LogP contribution in [-0.4, -0.2) is 37.6 Å². The van der Waals surface area contributed by atoms with Crippen LogP contribution >= 0.6 is 15.9 Å². The number of halogens is 1. The van der Waals surface area contributed by atoms with E-state index in [4.69, 9.17) is 5.26 Å². The van der Waals surface area contributed by atoms with Gasteiger partial charge < -0.3 is 9.80 Å². The van der Waals surface area contributed by atoms with Gasteiger partial charge in [0.2, 0.25) is 0 Å². The van der Waals surface area contributed by atoms with Gasteiger partial charge in [0.05, 0.1) is 18.5 Å². The average molecular weight is 322 g/mol. The standard InChI is InChI=1S/C15H20BrN3/c1-12-4-5-13(10-15(12)16)19-9-3-8-18(2)11-14(19)6-7-17/h4-5,10,14H,3,6,8-9,11H2,1-2H3. The van der Waals surface area contributed by atoms with E-state index in [0.717, 1.165) is 30.5 Å². The Bertz CT molecular complexity index is 481. The molecule has 1 atom stereocenters. The molecule has 1 aromatic carbocycles. The van der Waals surface area contributed by atoms with Crippen LogP contribution < -0.4 is 4.90 Å². The van der Waals surface area contributed by atoms with E-state index >= 15 is 0 Å². The highest BCUT2D eigenvalue weighted by atomic mass is 79.9. The maximum absolute atomic E-state index is 9.06. The molecule has 1 fully saturated rings. The van der Waals surface area contributed by atoms with Crippen LogP contribution in [0.25, 0.3) is 0 Å². The van der Waals surface area contributed by atoms with Gasteiger partial charge in [-0.2, -0.15) is 5.26 Å². The summed E-state index contributed by atoms with van der Waals surface area (Å²) >= 11 is 3.60. The predicted octanol–water partition coefficient (Wildman–Crippen LogP) is 3.18. The number of likely N-dealkylation sites (N-methyl/N-ethyl adjacent to an activating group) is 1. The lowest BCUT2D eigenvalue weighted by Gasteiger charge is -2.31. The summed E-state index contributed by atoms with van der Waals surface area (Å²) in [5.74, 6) is 0. The van der Waals surface area contributed by atoms with Gasteiger partial charge in [-0.25, -0.2) is 0 Å². The van der Waals surface area contributed by atoms with Crippen LogP contribution in [0.1, 0.15) is 18.4 Å². The Kier molecular flexibility index (Phi) is 4.84. The third kappa shape index (κ3) is 3.49. The van der Waals surface area contributed by atoms with Crippen molar-refractivity contribution in [2.24, 2.45) is 0 Å². The van der Waals surface area contributed by atoms with Crippen LogP contribution in [0.3, 0.4) is 0 Å². The molecule has 0 saturated carbocycles. The summed E-state index contributed by atoms with van der Waals surface area (Å²) in [6.07, 6.45) is 1.72. The van der Waals surface area contributed by atoms with Gasteiger partial charge in [0.1, 0.15) is 0 Å². The molecule has 3 nitrogen and oxygen atoms in total. The molecule has 0 aromatic heterocycles. The third-order valence-electron chi connectivity index (χ3n) is 3.72. The van der Waals surface area contributed by atoms with Crippen molar-refractivity contribution < 1.29 is 0 Å². The van der Waals surface area contributed by atoms with Crippen molar-refractivity contribution >= 4 is 21.6 Å². The lowest BCUT2D eigenvalue weighted by atomic mass is 10.1. The molecule has 0 aliphatic carbocycles. The highest BCUT2D eigenvalue weighted by Crippen LogP contribution is 2.27.